The number of pyridine rings is 1. The minimum Gasteiger partial charge on any atom is -0.439 e. The molecule has 0 saturated carbocycles. The van der Waals surface area contributed by atoms with Gasteiger partial charge in [0.1, 0.15) is 11.6 Å². The summed E-state index contributed by atoms with van der Waals surface area (Å²) in [6.45, 7) is 0.395. The Hall–Kier alpha value is -1.98. The molecular formula is C16H12BrFN2O. The second kappa shape index (κ2) is 5.79. The zero-order valence-electron chi connectivity index (χ0n) is 11.0. The van der Waals surface area contributed by atoms with Gasteiger partial charge < -0.3 is 10.5 Å². The van der Waals surface area contributed by atoms with E-state index in [0.717, 1.165) is 16.5 Å². The van der Waals surface area contributed by atoms with Gasteiger partial charge in [-0.05, 0) is 45.8 Å². The lowest BCUT2D eigenvalue weighted by Crippen LogP contribution is -2.00. The molecule has 0 aliphatic rings. The van der Waals surface area contributed by atoms with Crippen LogP contribution in [0.15, 0.2) is 53.0 Å². The van der Waals surface area contributed by atoms with Gasteiger partial charge in [-0.1, -0.05) is 18.2 Å². The van der Waals surface area contributed by atoms with E-state index < -0.39 is 0 Å². The minimum atomic E-state index is -0.337. The van der Waals surface area contributed by atoms with Crippen LogP contribution in [0.3, 0.4) is 0 Å². The van der Waals surface area contributed by atoms with Crippen molar-refractivity contribution in [3.8, 4) is 11.6 Å². The lowest BCUT2D eigenvalue weighted by Gasteiger charge is -2.09. The maximum Gasteiger partial charge on any atom is 0.220 e. The van der Waals surface area contributed by atoms with E-state index >= 15 is 0 Å². The maximum atomic E-state index is 13.2. The van der Waals surface area contributed by atoms with Gasteiger partial charge in [-0.2, -0.15) is 0 Å². The van der Waals surface area contributed by atoms with Crippen LogP contribution in [0.4, 0.5) is 4.39 Å². The summed E-state index contributed by atoms with van der Waals surface area (Å²) >= 11 is 3.13. The van der Waals surface area contributed by atoms with Crippen molar-refractivity contribution in [2.24, 2.45) is 5.73 Å². The summed E-state index contributed by atoms with van der Waals surface area (Å²) in [4.78, 5) is 4.44. The van der Waals surface area contributed by atoms with Gasteiger partial charge in [-0.15, -0.1) is 0 Å². The average molecular weight is 347 g/mol. The van der Waals surface area contributed by atoms with Crippen molar-refractivity contribution in [3.63, 3.8) is 0 Å². The average Bonchev–Trinajstić information content (AvgIpc) is 2.50. The van der Waals surface area contributed by atoms with Crippen LogP contribution in [0.1, 0.15) is 5.56 Å². The third kappa shape index (κ3) is 2.89. The van der Waals surface area contributed by atoms with Gasteiger partial charge in [-0.25, -0.2) is 9.37 Å². The molecule has 3 nitrogen and oxygen atoms in total. The van der Waals surface area contributed by atoms with Crippen LogP contribution < -0.4 is 10.5 Å². The van der Waals surface area contributed by atoms with Gasteiger partial charge in [0.05, 0.1) is 9.99 Å². The Morgan fingerprint density at radius 1 is 1.14 bits per heavy atom. The third-order valence-corrected chi connectivity index (χ3v) is 3.72. The van der Waals surface area contributed by atoms with Gasteiger partial charge >= 0.3 is 0 Å². The first-order chi connectivity index (χ1) is 10.2. The van der Waals surface area contributed by atoms with Gasteiger partial charge in [0.15, 0.2) is 0 Å². The second-order valence-electron chi connectivity index (χ2n) is 4.52. The van der Waals surface area contributed by atoms with Crippen molar-refractivity contribution in [1.82, 2.24) is 4.98 Å². The van der Waals surface area contributed by atoms with E-state index in [-0.39, 0.29) is 5.82 Å². The molecule has 5 heteroatoms. The molecule has 0 amide bonds. The Morgan fingerprint density at radius 3 is 2.71 bits per heavy atom. The summed E-state index contributed by atoms with van der Waals surface area (Å²) in [5, 5.41) is 1.01. The molecule has 0 aliphatic carbocycles. The number of hydrogen-bond donors (Lipinski definition) is 1. The Balaban J connectivity index is 2.02. The molecule has 0 saturated heterocycles. The molecule has 0 radical (unpaired) electrons. The van der Waals surface area contributed by atoms with Gasteiger partial charge in [0, 0.05) is 18.0 Å². The largest absolute Gasteiger partial charge is 0.439 e. The monoisotopic (exact) mass is 346 g/mol. The lowest BCUT2D eigenvalue weighted by atomic mass is 10.1. The van der Waals surface area contributed by atoms with E-state index in [2.05, 4.69) is 20.9 Å². The molecule has 1 heterocycles. The Labute approximate surface area is 129 Å². The maximum absolute atomic E-state index is 13.2. The number of halogens is 2. The fourth-order valence-corrected chi connectivity index (χ4v) is 2.46. The summed E-state index contributed by atoms with van der Waals surface area (Å²) in [5.74, 6) is 0.609. The number of ether oxygens (including phenoxy) is 1. The fourth-order valence-electron chi connectivity index (χ4n) is 2.10. The molecule has 106 valence electrons. The van der Waals surface area contributed by atoms with E-state index in [0.29, 0.717) is 22.6 Å². The molecule has 3 rings (SSSR count). The van der Waals surface area contributed by atoms with Crippen molar-refractivity contribution in [1.29, 1.82) is 0 Å². The van der Waals surface area contributed by atoms with Crippen LogP contribution in [0.5, 0.6) is 11.6 Å². The van der Waals surface area contributed by atoms with E-state index in [4.69, 9.17) is 10.5 Å². The molecule has 0 fully saturated rings. The SMILES string of the molecule is NCc1cc(Oc2ccc(F)c(Br)c2)nc2ccccc12. The predicted molar refractivity (Wildman–Crippen MR) is 83.8 cm³/mol. The van der Waals surface area contributed by atoms with Gasteiger partial charge in [-0.3, -0.25) is 0 Å². The summed E-state index contributed by atoms with van der Waals surface area (Å²) in [6.07, 6.45) is 0. The number of rotatable bonds is 3. The molecule has 1 aromatic heterocycles. The highest BCUT2D eigenvalue weighted by molar-refractivity contribution is 9.10. The van der Waals surface area contributed by atoms with Crippen LogP contribution in [0.2, 0.25) is 0 Å². The van der Waals surface area contributed by atoms with E-state index in [1.807, 2.05) is 24.3 Å². The number of aromatic nitrogens is 1. The van der Waals surface area contributed by atoms with Crippen molar-refractivity contribution in [2.45, 2.75) is 6.54 Å². The Kier molecular flexibility index (Phi) is 3.86. The molecule has 0 bridgehead atoms. The molecule has 2 aromatic carbocycles. The zero-order valence-corrected chi connectivity index (χ0v) is 12.6. The standard InChI is InChI=1S/C16H12BrFN2O/c17-13-8-11(5-6-14(13)18)21-16-7-10(9-19)12-3-1-2-4-15(12)20-16/h1-8H,9,19H2. The van der Waals surface area contributed by atoms with Crippen molar-refractivity contribution in [2.75, 3.05) is 0 Å². The Bertz CT molecular complexity index is 807. The van der Waals surface area contributed by atoms with Crippen molar-refractivity contribution in [3.05, 3.63) is 64.4 Å². The number of hydrogen-bond acceptors (Lipinski definition) is 3. The second-order valence-corrected chi connectivity index (χ2v) is 5.37. The number of nitrogens with zero attached hydrogens (tertiary/aromatic N) is 1. The van der Waals surface area contributed by atoms with Crippen LogP contribution in [-0.4, -0.2) is 4.98 Å². The fraction of sp³-hybridized carbons (Fsp3) is 0.0625. The Morgan fingerprint density at radius 2 is 1.95 bits per heavy atom. The molecule has 0 spiro atoms. The van der Waals surface area contributed by atoms with Crippen molar-refractivity contribution >= 4 is 26.8 Å². The van der Waals surface area contributed by atoms with Gasteiger partial charge in [0.25, 0.3) is 0 Å². The quantitative estimate of drug-likeness (QED) is 0.765. The molecule has 0 atom stereocenters. The zero-order chi connectivity index (χ0) is 14.8. The van der Waals surface area contributed by atoms with Crippen LogP contribution >= 0.6 is 15.9 Å². The smallest absolute Gasteiger partial charge is 0.220 e. The number of benzene rings is 2. The summed E-state index contributed by atoms with van der Waals surface area (Å²) in [5.41, 5.74) is 7.55. The minimum absolute atomic E-state index is 0.337. The molecule has 21 heavy (non-hydrogen) atoms. The topological polar surface area (TPSA) is 48.1 Å². The highest BCUT2D eigenvalue weighted by Gasteiger charge is 2.07. The highest BCUT2D eigenvalue weighted by Crippen LogP contribution is 2.28. The van der Waals surface area contributed by atoms with Crippen LogP contribution in [0, 0.1) is 5.82 Å². The van der Waals surface area contributed by atoms with E-state index in [1.54, 1.807) is 18.2 Å². The first-order valence-corrected chi connectivity index (χ1v) is 7.18. The van der Waals surface area contributed by atoms with Gasteiger partial charge in [0.2, 0.25) is 5.88 Å². The molecule has 0 aliphatic heterocycles. The summed E-state index contributed by atoms with van der Waals surface area (Å²) in [7, 11) is 0. The van der Waals surface area contributed by atoms with E-state index in [9.17, 15) is 4.39 Å². The number of fused-ring (bicyclic) bond motifs is 1. The van der Waals surface area contributed by atoms with E-state index in [1.165, 1.54) is 6.07 Å². The highest BCUT2D eigenvalue weighted by atomic mass is 79.9. The molecule has 0 unspecified atom stereocenters. The number of para-hydroxylation sites is 1. The number of nitrogens with two attached hydrogens (primary N) is 1. The summed E-state index contributed by atoms with van der Waals surface area (Å²) in [6, 6.07) is 14.0. The lowest BCUT2D eigenvalue weighted by molar-refractivity contribution is 0.462. The first-order valence-electron chi connectivity index (χ1n) is 6.39. The molecular weight excluding hydrogens is 335 g/mol. The first kappa shape index (κ1) is 14.0. The predicted octanol–water partition coefficient (Wildman–Crippen LogP) is 4.39. The van der Waals surface area contributed by atoms with Crippen molar-refractivity contribution < 1.29 is 9.13 Å². The third-order valence-electron chi connectivity index (χ3n) is 3.11. The van der Waals surface area contributed by atoms with Crippen LogP contribution in [0.25, 0.3) is 10.9 Å². The molecule has 2 N–H and O–H groups in total. The normalized spacial score (nSPS) is 10.8. The van der Waals surface area contributed by atoms with Crippen LogP contribution in [-0.2, 0) is 6.54 Å². The molecule has 3 aromatic rings. The summed E-state index contributed by atoms with van der Waals surface area (Å²) < 4.78 is 19.3.